The summed E-state index contributed by atoms with van der Waals surface area (Å²) in [5.41, 5.74) is 2.51. The van der Waals surface area contributed by atoms with Crippen molar-refractivity contribution in [2.45, 2.75) is 32.4 Å². The van der Waals surface area contributed by atoms with Gasteiger partial charge in [-0.25, -0.2) is 0 Å². The SMILES string of the molecule is COc1ccc(C(C)(C)c2ccc(O[SiH](C)C)cc2)cc1. The van der Waals surface area contributed by atoms with Crippen molar-refractivity contribution in [1.29, 1.82) is 0 Å². The van der Waals surface area contributed by atoms with Crippen molar-refractivity contribution in [3.8, 4) is 11.5 Å². The number of hydrogen-bond acceptors (Lipinski definition) is 2. The first-order valence-electron chi connectivity index (χ1n) is 7.35. The van der Waals surface area contributed by atoms with Gasteiger partial charge in [-0.15, -0.1) is 0 Å². The summed E-state index contributed by atoms with van der Waals surface area (Å²) < 4.78 is 11.1. The smallest absolute Gasteiger partial charge is 0.229 e. The van der Waals surface area contributed by atoms with E-state index in [9.17, 15) is 0 Å². The molecular weight excluding hydrogens is 276 g/mol. The zero-order chi connectivity index (χ0) is 15.5. The van der Waals surface area contributed by atoms with E-state index in [1.165, 1.54) is 11.1 Å². The van der Waals surface area contributed by atoms with Crippen LogP contribution >= 0.6 is 0 Å². The molecule has 0 aliphatic rings. The Balaban J connectivity index is 2.25. The molecule has 0 aliphatic heterocycles. The lowest BCUT2D eigenvalue weighted by atomic mass is 9.78. The molecule has 2 aromatic rings. The minimum Gasteiger partial charge on any atom is -0.547 e. The molecule has 0 atom stereocenters. The third-order valence-corrected chi connectivity index (χ3v) is 4.50. The number of rotatable bonds is 5. The molecule has 0 bridgehead atoms. The van der Waals surface area contributed by atoms with Crippen LogP contribution in [-0.2, 0) is 5.41 Å². The number of methoxy groups -OCH3 is 1. The van der Waals surface area contributed by atoms with E-state index < -0.39 is 9.04 Å². The summed E-state index contributed by atoms with van der Waals surface area (Å²) in [6.07, 6.45) is 0. The summed E-state index contributed by atoms with van der Waals surface area (Å²) in [6.45, 7) is 8.83. The highest BCUT2D eigenvalue weighted by atomic mass is 28.3. The molecule has 3 heteroatoms. The van der Waals surface area contributed by atoms with Gasteiger partial charge < -0.3 is 9.16 Å². The molecule has 0 N–H and O–H groups in total. The van der Waals surface area contributed by atoms with Crippen LogP contribution in [0.5, 0.6) is 11.5 Å². The first-order chi connectivity index (χ1) is 9.93. The first kappa shape index (κ1) is 15.6. The quantitative estimate of drug-likeness (QED) is 0.763. The lowest BCUT2D eigenvalue weighted by molar-refractivity contribution is 0.414. The third-order valence-electron chi connectivity index (χ3n) is 3.76. The van der Waals surface area contributed by atoms with E-state index >= 15 is 0 Å². The lowest BCUT2D eigenvalue weighted by Gasteiger charge is -2.26. The van der Waals surface area contributed by atoms with Gasteiger partial charge in [0.1, 0.15) is 11.5 Å². The molecular formula is C18H24O2Si. The highest BCUT2D eigenvalue weighted by Gasteiger charge is 2.23. The molecule has 0 aliphatic carbocycles. The van der Waals surface area contributed by atoms with Gasteiger partial charge in [-0.3, -0.25) is 0 Å². The van der Waals surface area contributed by atoms with Crippen LogP contribution in [0.25, 0.3) is 0 Å². The van der Waals surface area contributed by atoms with Gasteiger partial charge in [0.15, 0.2) is 0 Å². The maximum Gasteiger partial charge on any atom is 0.229 e. The molecule has 112 valence electrons. The summed E-state index contributed by atoms with van der Waals surface area (Å²) in [7, 11) is 0.654. The Labute approximate surface area is 129 Å². The van der Waals surface area contributed by atoms with Gasteiger partial charge in [-0.2, -0.15) is 0 Å². The minimum absolute atomic E-state index is 0.0416. The predicted molar refractivity (Wildman–Crippen MR) is 91.1 cm³/mol. The van der Waals surface area contributed by atoms with E-state index in [4.69, 9.17) is 9.16 Å². The van der Waals surface area contributed by atoms with Crippen molar-refractivity contribution in [3.05, 3.63) is 59.7 Å². The summed E-state index contributed by atoms with van der Waals surface area (Å²) >= 11 is 0. The van der Waals surface area contributed by atoms with Crippen LogP contribution in [0.2, 0.25) is 13.1 Å². The summed E-state index contributed by atoms with van der Waals surface area (Å²) in [6, 6.07) is 16.8. The molecule has 2 aromatic carbocycles. The Morgan fingerprint density at radius 2 is 1.19 bits per heavy atom. The second kappa shape index (κ2) is 6.35. The summed E-state index contributed by atoms with van der Waals surface area (Å²) in [4.78, 5) is 0. The molecule has 0 unspecified atom stereocenters. The fourth-order valence-corrected chi connectivity index (χ4v) is 3.10. The van der Waals surface area contributed by atoms with Gasteiger partial charge in [0.25, 0.3) is 0 Å². The molecule has 0 fully saturated rings. The fraction of sp³-hybridized carbons (Fsp3) is 0.333. The van der Waals surface area contributed by atoms with Gasteiger partial charge in [-0.1, -0.05) is 38.1 Å². The Morgan fingerprint density at radius 3 is 1.57 bits per heavy atom. The molecule has 21 heavy (non-hydrogen) atoms. The maximum absolute atomic E-state index is 5.84. The van der Waals surface area contributed by atoms with Crippen molar-refractivity contribution in [2.24, 2.45) is 0 Å². The van der Waals surface area contributed by atoms with Crippen LogP contribution in [0.15, 0.2) is 48.5 Å². The Kier molecular flexibility index (Phi) is 4.73. The van der Waals surface area contributed by atoms with Crippen molar-refractivity contribution in [2.75, 3.05) is 7.11 Å². The monoisotopic (exact) mass is 300 g/mol. The molecule has 0 aromatic heterocycles. The van der Waals surface area contributed by atoms with E-state index in [1.54, 1.807) is 7.11 Å². The van der Waals surface area contributed by atoms with Gasteiger partial charge in [0.05, 0.1) is 7.11 Å². The molecule has 0 amide bonds. The third kappa shape index (κ3) is 3.67. The van der Waals surface area contributed by atoms with Crippen molar-refractivity contribution < 1.29 is 9.16 Å². The largest absolute Gasteiger partial charge is 0.547 e. The van der Waals surface area contributed by atoms with Crippen molar-refractivity contribution in [3.63, 3.8) is 0 Å². The highest BCUT2D eigenvalue weighted by Crippen LogP contribution is 2.33. The van der Waals surface area contributed by atoms with E-state index in [2.05, 4.69) is 63.3 Å². The van der Waals surface area contributed by atoms with Crippen LogP contribution in [-0.4, -0.2) is 16.2 Å². The average Bonchev–Trinajstić information content (AvgIpc) is 2.47. The summed E-state index contributed by atoms with van der Waals surface area (Å²) in [5.74, 6) is 1.87. The molecule has 0 radical (unpaired) electrons. The molecule has 0 saturated heterocycles. The van der Waals surface area contributed by atoms with Crippen molar-refractivity contribution in [1.82, 2.24) is 0 Å². The maximum atomic E-state index is 5.84. The normalized spacial score (nSPS) is 11.5. The lowest BCUT2D eigenvalue weighted by Crippen LogP contribution is -2.19. The van der Waals surface area contributed by atoms with E-state index in [1.807, 2.05) is 12.1 Å². The van der Waals surface area contributed by atoms with E-state index in [-0.39, 0.29) is 5.41 Å². The number of hydrogen-bond donors (Lipinski definition) is 0. The van der Waals surface area contributed by atoms with Gasteiger partial charge in [0.2, 0.25) is 9.04 Å². The van der Waals surface area contributed by atoms with Crippen LogP contribution in [0.4, 0.5) is 0 Å². The second-order valence-corrected chi connectivity index (χ2v) is 8.38. The summed E-state index contributed by atoms with van der Waals surface area (Å²) in [5, 5.41) is 0. The fourth-order valence-electron chi connectivity index (χ4n) is 2.40. The number of ether oxygens (including phenoxy) is 1. The Bertz CT molecular complexity index is 571. The van der Waals surface area contributed by atoms with Crippen molar-refractivity contribution >= 4 is 9.04 Å². The molecule has 2 rings (SSSR count). The molecule has 0 heterocycles. The van der Waals surface area contributed by atoms with Gasteiger partial charge >= 0.3 is 0 Å². The zero-order valence-electron chi connectivity index (χ0n) is 13.5. The standard InChI is InChI=1S/C18H24O2Si/c1-18(2,14-6-10-16(19-3)11-7-14)15-8-12-17(13-9-15)20-21(4)5/h6-13,21H,1-5H3. The Morgan fingerprint density at radius 1 is 0.762 bits per heavy atom. The van der Waals surface area contributed by atoms with Crippen LogP contribution in [0, 0.1) is 0 Å². The molecule has 2 nitrogen and oxygen atoms in total. The van der Waals surface area contributed by atoms with Crippen LogP contribution in [0.1, 0.15) is 25.0 Å². The predicted octanol–water partition coefficient (Wildman–Crippen LogP) is 4.38. The molecule has 0 spiro atoms. The Hall–Kier alpha value is -1.74. The van der Waals surface area contributed by atoms with E-state index in [0.717, 1.165) is 11.5 Å². The first-order valence-corrected chi connectivity index (χ1v) is 10.1. The molecule has 0 saturated carbocycles. The number of benzene rings is 2. The zero-order valence-corrected chi connectivity index (χ0v) is 14.7. The topological polar surface area (TPSA) is 18.5 Å². The van der Waals surface area contributed by atoms with Gasteiger partial charge in [-0.05, 0) is 48.5 Å². The highest BCUT2D eigenvalue weighted by molar-refractivity contribution is 6.49. The van der Waals surface area contributed by atoms with Crippen LogP contribution in [0.3, 0.4) is 0 Å². The van der Waals surface area contributed by atoms with Crippen LogP contribution < -0.4 is 9.16 Å². The van der Waals surface area contributed by atoms with Gasteiger partial charge in [0, 0.05) is 5.41 Å². The average molecular weight is 300 g/mol. The van der Waals surface area contributed by atoms with E-state index in [0.29, 0.717) is 0 Å². The second-order valence-electron chi connectivity index (χ2n) is 6.04. The minimum atomic E-state index is -1.04.